The molecule has 1 aliphatic rings. The molecule has 1 rings (SSSR count). The number of hydrogen-bond donors (Lipinski definition) is 2. The Hall–Kier alpha value is -0.120. The molecule has 0 unspecified atom stereocenters. The van der Waals surface area contributed by atoms with Crippen molar-refractivity contribution in [1.82, 2.24) is 5.32 Å². The largest absolute Gasteiger partial charge is 0.370 e. The Morgan fingerprint density at radius 2 is 2.09 bits per heavy atom. The third kappa shape index (κ3) is 3.70. The molecule has 1 fully saturated rings. The van der Waals surface area contributed by atoms with E-state index in [1.54, 1.807) is 4.90 Å². The van der Waals surface area contributed by atoms with Gasteiger partial charge in [-0.2, -0.15) is 0 Å². The maximum Gasteiger partial charge on any atom is 0.101 e. The van der Waals surface area contributed by atoms with Crippen LogP contribution in [0, 0.1) is 0 Å². The van der Waals surface area contributed by atoms with Gasteiger partial charge in [0.05, 0.1) is 19.8 Å². The maximum absolute atomic E-state index is 5.27. The lowest BCUT2D eigenvalue weighted by Crippen LogP contribution is -3.14. The van der Waals surface area contributed by atoms with E-state index in [1.807, 2.05) is 7.05 Å². The van der Waals surface area contributed by atoms with Gasteiger partial charge in [-0.1, -0.05) is 0 Å². The standard InChI is InChI=1S/C8H18N2O/c1-9-3-2-4-10-5-7-11-8-6-10/h9H,2-8H2,1H3/p+1. The summed E-state index contributed by atoms with van der Waals surface area (Å²) in [5.41, 5.74) is 0. The number of ether oxygens (including phenoxy) is 1. The summed E-state index contributed by atoms with van der Waals surface area (Å²) in [5.74, 6) is 0. The minimum absolute atomic E-state index is 0.953. The number of morpholine rings is 1. The van der Waals surface area contributed by atoms with Crippen molar-refractivity contribution in [2.45, 2.75) is 6.42 Å². The van der Waals surface area contributed by atoms with E-state index in [-0.39, 0.29) is 0 Å². The molecule has 0 aliphatic carbocycles. The Morgan fingerprint density at radius 1 is 1.36 bits per heavy atom. The van der Waals surface area contributed by atoms with Crippen LogP contribution < -0.4 is 10.2 Å². The first-order valence-electron chi connectivity index (χ1n) is 4.49. The van der Waals surface area contributed by atoms with Crippen LogP contribution in [0.25, 0.3) is 0 Å². The van der Waals surface area contributed by atoms with Crippen molar-refractivity contribution in [3.8, 4) is 0 Å². The number of rotatable bonds is 4. The monoisotopic (exact) mass is 159 g/mol. The van der Waals surface area contributed by atoms with Crippen molar-refractivity contribution in [2.75, 3.05) is 46.4 Å². The van der Waals surface area contributed by atoms with Crippen molar-refractivity contribution in [3.63, 3.8) is 0 Å². The summed E-state index contributed by atoms with van der Waals surface area (Å²) in [7, 11) is 2.01. The molecule has 66 valence electrons. The Morgan fingerprint density at radius 3 is 2.73 bits per heavy atom. The first-order chi connectivity index (χ1) is 5.43. The van der Waals surface area contributed by atoms with Crippen molar-refractivity contribution in [3.05, 3.63) is 0 Å². The minimum Gasteiger partial charge on any atom is -0.370 e. The molecule has 0 bridgehead atoms. The van der Waals surface area contributed by atoms with Gasteiger partial charge < -0.3 is 15.0 Å². The average Bonchev–Trinajstić information content (AvgIpc) is 2.07. The predicted molar refractivity (Wildman–Crippen MR) is 44.9 cm³/mol. The van der Waals surface area contributed by atoms with Crippen LogP contribution in [0.3, 0.4) is 0 Å². The zero-order valence-corrected chi connectivity index (χ0v) is 7.36. The molecule has 3 nitrogen and oxygen atoms in total. The summed E-state index contributed by atoms with van der Waals surface area (Å²) in [5, 5.41) is 3.16. The van der Waals surface area contributed by atoms with Crippen LogP contribution in [-0.2, 0) is 4.74 Å². The first-order valence-corrected chi connectivity index (χ1v) is 4.49. The lowest BCUT2D eigenvalue weighted by molar-refractivity contribution is -0.908. The van der Waals surface area contributed by atoms with Crippen molar-refractivity contribution >= 4 is 0 Å². The highest BCUT2D eigenvalue weighted by atomic mass is 16.5. The molecule has 0 amide bonds. The molecule has 0 radical (unpaired) electrons. The van der Waals surface area contributed by atoms with E-state index < -0.39 is 0 Å². The molecule has 1 aliphatic heterocycles. The van der Waals surface area contributed by atoms with Gasteiger partial charge in [0.2, 0.25) is 0 Å². The normalized spacial score (nSPS) is 20.5. The highest BCUT2D eigenvalue weighted by Gasteiger charge is 2.11. The zero-order chi connectivity index (χ0) is 7.94. The van der Waals surface area contributed by atoms with E-state index in [9.17, 15) is 0 Å². The molecular formula is C8H19N2O+. The minimum atomic E-state index is 0.953. The maximum atomic E-state index is 5.27. The molecule has 0 atom stereocenters. The number of hydrogen-bond acceptors (Lipinski definition) is 2. The summed E-state index contributed by atoms with van der Waals surface area (Å²) in [4.78, 5) is 1.70. The van der Waals surface area contributed by atoms with Crippen LogP contribution in [0.15, 0.2) is 0 Å². The van der Waals surface area contributed by atoms with Crippen molar-refractivity contribution in [2.24, 2.45) is 0 Å². The van der Waals surface area contributed by atoms with Crippen LogP contribution >= 0.6 is 0 Å². The van der Waals surface area contributed by atoms with Gasteiger partial charge in [0.25, 0.3) is 0 Å². The molecule has 11 heavy (non-hydrogen) atoms. The summed E-state index contributed by atoms with van der Waals surface area (Å²) >= 11 is 0. The summed E-state index contributed by atoms with van der Waals surface area (Å²) < 4.78 is 5.27. The molecule has 3 heteroatoms. The molecular weight excluding hydrogens is 140 g/mol. The Balaban J connectivity index is 1.96. The highest BCUT2D eigenvalue weighted by molar-refractivity contribution is 4.42. The van der Waals surface area contributed by atoms with Gasteiger partial charge in [0.1, 0.15) is 13.1 Å². The SMILES string of the molecule is CNCCC[NH+]1CCOCC1. The summed E-state index contributed by atoms with van der Waals surface area (Å²) in [6.07, 6.45) is 1.28. The van der Waals surface area contributed by atoms with Crippen molar-refractivity contribution < 1.29 is 9.64 Å². The fourth-order valence-corrected chi connectivity index (χ4v) is 1.43. The molecule has 0 aromatic carbocycles. The highest BCUT2D eigenvalue weighted by Crippen LogP contribution is 1.76. The van der Waals surface area contributed by atoms with Gasteiger partial charge in [-0.15, -0.1) is 0 Å². The van der Waals surface area contributed by atoms with E-state index in [1.165, 1.54) is 26.1 Å². The molecule has 0 saturated carbocycles. The van der Waals surface area contributed by atoms with Gasteiger partial charge in [-0.3, -0.25) is 0 Å². The average molecular weight is 159 g/mol. The fraction of sp³-hybridized carbons (Fsp3) is 1.00. The van der Waals surface area contributed by atoms with Crippen LogP contribution in [0.1, 0.15) is 6.42 Å². The Kier molecular flexibility index (Phi) is 4.50. The first kappa shape index (κ1) is 8.97. The third-order valence-electron chi connectivity index (χ3n) is 2.16. The molecule has 0 aromatic heterocycles. The van der Waals surface area contributed by atoms with Gasteiger partial charge in [-0.25, -0.2) is 0 Å². The van der Waals surface area contributed by atoms with E-state index in [0.29, 0.717) is 0 Å². The summed E-state index contributed by atoms with van der Waals surface area (Å²) in [6, 6.07) is 0. The second kappa shape index (κ2) is 5.52. The lowest BCUT2D eigenvalue weighted by Gasteiger charge is -2.23. The summed E-state index contributed by atoms with van der Waals surface area (Å²) in [6.45, 7) is 6.74. The molecule has 0 spiro atoms. The van der Waals surface area contributed by atoms with Gasteiger partial charge >= 0.3 is 0 Å². The topological polar surface area (TPSA) is 25.7 Å². The lowest BCUT2D eigenvalue weighted by atomic mass is 10.3. The second-order valence-electron chi connectivity index (χ2n) is 3.07. The fourth-order valence-electron chi connectivity index (χ4n) is 1.43. The van der Waals surface area contributed by atoms with Crippen LogP contribution in [0.5, 0.6) is 0 Å². The Labute approximate surface area is 68.7 Å². The van der Waals surface area contributed by atoms with Crippen LogP contribution in [0.2, 0.25) is 0 Å². The van der Waals surface area contributed by atoms with E-state index in [2.05, 4.69) is 5.32 Å². The zero-order valence-electron chi connectivity index (χ0n) is 7.36. The van der Waals surface area contributed by atoms with Gasteiger partial charge in [-0.05, 0) is 7.05 Å². The van der Waals surface area contributed by atoms with Crippen LogP contribution in [-0.4, -0.2) is 46.4 Å². The molecule has 1 saturated heterocycles. The van der Waals surface area contributed by atoms with E-state index >= 15 is 0 Å². The smallest absolute Gasteiger partial charge is 0.101 e. The van der Waals surface area contributed by atoms with Gasteiger partial charge in [0, 0.05) is 13.0 Å². The van der Waals surface area contributed by atoms with Gasteiger partial charge in [0.15, 0.2) is 0 Å². The van der Waals surface area contributed by atoms with Crippen molar-refractivity contribution in [1.29, 1.82) is 0 Å². The molecule has 2 N–H and O–H groups in total. The van der Waals surface area contributed by atoms with E-state index in [4.69, 9.17) is 4.74 Å². The predicted octanol–water partition coefficient (Wildman–Crippen LogP) is -1.49. The van der Waals surface area contributed by atoms with E-state index in [0.717, 1.165) is 19.8 Å². The molecule has 0 aromatic rings. The number of nitrogens with one attached hydrogen (secondary N) is 2. The quantitative estimate of drug-likeness (QED) is 0.489. The Bertz CT molecular complexity index is 92.1. The third-order valence-corrected chi connectivity index (χ3v) is 2.16. The molecule has 1 heterocycles. The second-order valence-corrected chi connectivity index (χ2v) is 3.07. The number of quaternary nitrogens is 1. The van der Waals surface area contributed by atoms with Crippen LogP contribution in [0.4, 0.5) is 0 Å².